The Morgan fingerprint density at radius 1 is 1.04 bits per heavy atom. The zero-order valence-electron chi connectivity index (χ0n) is 13.2. The van der Waals surface area contributed by atoms with Crippen LogP contribution in [-0.4, -0.2) is 17.6 Å². The topological polar surface area (TPSA) is 71.7 Å². The molecular weight excluding hydrogens is 342 g/mol. The largest absolute Gasteiger partial charge is 0.484 e. The first-order valence-electron chi connectivity index (χ1n) is 7.62. The van der Waals surface area contributed by atoms with E-state index in [2.05, 4.69) is 5.32 Å². The van der Waals surface area contributed by atoms with E-state index in [1.165, 1.54) is 0 Å². The standard InChI is InChI=1S/C19H16ClNO4/c20-14-3-7-16(8-4-14)24-12-19(23)21-15-5-1-13(2-6-15)18-10-9-17(11-22)25-18/h1-10,22H,11-12H2,(H,21,23). The molecule has 2 aromatic carbocycles. The van der Waals surface area contributed by atoms with Crippen LogP contribution in [0.1, 0.15) is 5.76 Å². The van der Waals surface area contributed by atoms with Crippen molar-refractivity contribution in [1.82, 2.24) is 0 Å². The molecule has 0 aliphatic carbocycles. The molecule has 0 saturated heterocycles. The number of aliphatic hydroxyl groups is 1. The van der Waals surface area contributed by atoms with Gasteiger partial charge in [-0.2, -0.15) is 0 Å². The summed E-state index contributed by atoms with van der Waals surface area (Å²) in [5.41, 5.74) is 1.51. The van der Waals surface area contributed by atoms with Gasteiger partial charge in [0.25, 0.3) is 5.91 Å². The molecule has 0 aliphatic rings. The SMILES string of the molecule is O=C(COc1ccc(Cl)cc1)Nc1ccc(-c2ccc(CO)o2)cc1. The first-order chi connectivity index (χ1) is 12.1. The maximum Gasteiger partial charge on any atom is 0.262 e. The van der Waals surface area contributed by atoms with Gasteiger partial charge >= 0.3 is 0 Å². The van der Waals surface area contributed by atoms with Crippen molar-refractivity contribution in [3.8, 4) is 17.1 Å². The number of aliphatic hydroxyl groups excluding tert-OH is 1. The Morgan fingerprint density at radius 3 is 2.40 bits per heavy atom. The number of benzene rings is 2. The summed E-state index contributed by atoms with van der Waals surface area (Å²) in [5, 5.41) is 12.4. The van der Waals surface area contributed by atoms with Gasteiger partial charge in [-0.1, -0.05) is 11.6 Å². The first kappa shape index (κ1) is 17.1. The highest BCUT2D eigenvalue weighted by atomic mass is 35.5. The molecule has 6 heteroatoms. The minimum Gasteiger partial charge on any atom is -0.484 e. The number of anilines is 1. The van der Waals surface area contributed by atoms with E-state index in [0.29, 0.717) is 28.0 Å². The van der Waals surface area contributed by atoms with Gasteiger partial charge in [0.1, 0.15) is 23.9 Å². The number of amides is 1. The normalized spacial score (nSPS) is 10.5. The van der Waals surface area contributed by atoms with Crippen LogP contribution in [0.15, 0.2) is 65.1 Å². The molecule has 1 amide bonds. The Labute approximate surface area is 149 Å². The minimum absolute atomic E-state index is 0.0958. The zero-order valence-corrected chi connectivity index (χ0v) is 14.0. The van der Waals surface area contributed by atoms with Crippen LogP contribution in [0.5, 0.6) is 5.75 Å². The summed E-state index contributed by atoms with van der Waals surface area (Å²) in [4.78, 5) is 11.9. The van der Waals surface area contributed by atoms with E-state index >= 15 is 0 Å². The van der Waals surface area contributed by atoms with Gasteiger partial charge in [0.15, 0.2) is 6.61 Å². The fraction of sp³-hybridized carbons (Fsp3) is 0.105. The summed E-state index contributed by atoms with van der Waals surface area (Å²) < 4.78 is 10.9. The fourth-order valence-corrected chi connectivity index (χ4v) is 2.34. The summed E-state index contributed by atoms with van der Waals surface area (Å²) in [5.74, 6) is 1.48. The van der Waals surface area contributed by atoms with E-state index < -0.39 is 0 Å². The molecule has 0 aliphatic heterocycles. The Bertz CT molecular complexity index is 841. The maximum atomic E-state index is 11.9. The molecule has 128 valence electrons. The van der Waals surface area contributed by atoms with Gasteiger partial charge in [0.2, 0.25) is 0 Å². The average Bonchev–Trinajstić information content (AvgIpc) is 3.11. The van der Waals surface area contributed by atoms with Crippen molar-refractivity contribution in [2.75, 3.05) is 11.9 Å². The molecule has 5 nitrogen and oxygen atoms in total. The van der Waals surface area contributed by atoms with Crippen LogP contribution in [0.2, 0.25) is 5.02 Å². The minimum atomic E-state index is -0.261. The van der Waals surface area contributed by atoms with Crippen LogP contribution in [0.4, 0.5) is 5.69 Å². The Kier molecular flexibility index (Phi) is 5.38. The van der Waals surface area contributed by atoms with Crippen LogP contribution in [0, 0.1) is 0 Å². The maximum absolute atomic E-state index is 11.9. The molecule has 0 bridgehead atoms. The van der Waals surface area contributed by atoms with Crippen molar-refractivity contribution in [2.24, 2.45) is 0 Å². The van der Waals surface area contributed by atoms with Crippen LogP contribution in [0.25, 0.3) is 11.3 Å². The third-order valence-electron chi connectivity index (χ3n) is 3.45. The number of furan rings is 1. The van der Waals surface area contributed by atoms with Gasteiger partial charge in [0.05, 0.1) is 0 Å². The summed E-state index contributed by atoms with van der Waals surface area (Å²) in [6, 6.07) is 17.5. The van der Waals surface area contributed by atoms with Gasteiger partial charge in [0, 0.05) is 16.3 Å². The third-order valence-corrected chi connectivity index (χ3v) is 3.71. The number of ether oxygens (including phenoxy) is 1. The number of hydrogen-bond acceptors (Lipinski definition) is 4. The third kappa shape index (κ3) is 4.62. The molecule has 0 radical (unpaired) electrons. The Hall–Kier alpha value is -2.76. The number of rotatable bonds is 6. The van der Waals surface area contributed by atoms with Crippen molar-refractivity contribution >= 4 is 23.2 Å². The van der Waals surface area contributed by atoms with E-state index in [4.69, 9.17) is 25.9 Å². The lowest BCUT2D eigenvalue weighted by molar-refractivity contribution is -0.118. The molecule has 0 saturated carbocycles. The van der Waals surface area contributed by atoms with E-state index in [0.717, 1.165) is 5.56 Å². The Morgan fingerprint density at radius 2 is 1.76 bits per heavy atom. The van der Waals surface area contributed by atoms with Crippen molar-refractivity contribution in [3.63, 3.8) is 0 Å². The van der Waals surface area contributed by atoms with Crippen molar-refractivity contribution < 1.29 is 19.1 Å². The summed E-state index contributed by atoms with van der Waals surface area (Å²) in [7, 11) is 0. The van der Waals surface area contributed by atoms with E-state index in [-0.39, 0.29) is 19.1 Å². The predicted molar refractivity (Wildman–Crippen MR) is 95.6 cm³/mol. The lowest BCUT2D eigenvalue weighted by atomic mass is 10.1. The van der Waals surface area contributed by atoms with E-state index in [1.807, 2.05) is 12.1 Å². The smallest absolute Gasteiger partial charge is 0.262 e. The molecule has 0 atom stereocenters. The molecule has 1 aromatic heterocycles. The lowest BCUT2D eigenvalue weighted by Gasteiger charge is -2.08. The van der Waals surface area contributed by atoms with Gasteiger partial charge < -0.3 is 19.6 Å². The number of hydrogen-bond donors (Lipinski definition) is 2. The van der Waals surface area contributed by atoms with Gasteiger partial charge in [-0.05, 0) is 60.7 Å². The highest BCUT2D eigenvalue weighted by molar-refractivity contribution is 6.30. The number of nitrogens with one attached hydrogen (secondary N) is 1. The second-order valence-electron chi connectivity index (χ2n) is 5.29. The van der Waals surface area contributed by atoms with Gasteiger partial charge in [-0.15, -0.1) is 0 Å². The highest BCUT2D eigenvalue weighted by Crippen LogP contribution is 2.24. The summed E-state index contributed by atoms with van der Waals surface area (Å²) >= 11 is 5.79. The predicted octanol–water partition coefficient (Wildman–Crippen LogP) is 4.11. The Balaban J connectivity index is 1.55. The monoisotopic (exact) mass is 357 g/mol. The highest BCUT2D eigenvalue weighted by Gasteiger charge is 2.07. The first-order valence-corrected chi connectivity index (χ1v) is 8.00. The average molecular weight is 358 g/mol. The van der Waals surface area contributed by atoms with Crippen molar-refractivity contribution in [1.29, 1.82) is 0 Å². The van der Waals surface area contributed by atoms with Crippen LogP contribution in [0.3, 0.4) is 0 Å². The zero-order chi connectivity index (χ0) is 17.6. The molecule has 1 heterocycles. The van der Waals surface area contributed by atoms with Crippen LogP contribution >= 0.6 is 11.6 Å². The molecule has 3 rings (SSSR count). The fourth-order valence-electron chi connectivity index (χ4n) is 2.21. The second-order valence-corrected chi connectivity index (χ2v) is 5.73. The van der Waals surface area contributed by atoms with Crippen LogP contribution < -0.4 is 10.1 Å². The van der Waals surface area contributed by atoms with Crippen molar-refractivity contribution in [2.45, 2.75) is 6.61 Å². The van der Waals surface area contributed by atoms with Gasteiger partial charge in [-0.25, -0.2) is 0 Å². The molecular formula is C19H16ClNO4. The van der Waals surface area contributed by atoms with Crippen molar-refractivity contribution in [3.05, 3.63) is 71.4 Å². The van der Waals surface area contributed by atoms with Gasteiger partial charge in [-0.3, -0.25) is 4.79 Å². The number of carbonyl (C=O) groups is 1. The second kappa shape index (κ2) is 7.88. The summed E-state index contributed by atoms with van der Waals surface area (Å²) in [6.45, 7) is -0.233. The molecule has 25 heavy (non-hydrogen) atoms. The molecule has 0 fully saturated rings. The molecule has 2 N–H and O–H groups in total. The van der Waals surface area contributed by atoms with E-state index in [1.54, 1.807) is 48.5 Å². The molecule has 0 spiro atoms. The molecule has 0 unspecified atom stereocenters. The summed E-state index contributed by atoms with van der Waals surface area (Å²) in [6.07, 6.45) is 0. The van der Waals surface area contributed by atoms with E-state index in [9.17, 15) is 4.79 Å². The number of halogens is 1. The quantitative estimate of drug-likeness (QED) is 0.696. The number of carbonyl (C=O) groups excluding carboxylic acids is 1. The van der Waals surface area contributed by atoms with Crippen LogP contribution in [-0.2, 0) is 11.4 Å². The lowest BCUT2D eigenvalue weighted by Crippen LogP contribution is -2.20. The molecule has 3 aromatic rings.